The molecule has 0 unspecified atom stereocenters. The second-order valence-electron chi connectivity index (χ2n) is 5.60. The molecular formula is C14H19ClN2O2. The highest BCUT2D eigenvalue weighted by Gasteiger charge is 2.29. The van der Waals surface area contributed by atoms with Crippen molar-refractivity contribution >= 4 is 28.9 Å². The molecule has 1 saturated carbocycles. The maximum atomic E-state index is 11.2. The molecule has 0 atom stereocenters. The van der Waals surface area contributed by atoms with Crippen LogP contribution in [0.2, 0.25) is 5.02 Å². The average Bonchev–Trinajstić information content (AvgIpc) is 2.74. The predicted octanol–water partition coefficient (Wildman–Crippen LogP) is 3.61. The van der Waals surface area contributed by atoms with E-state index in [1.807, 2.05) is 0 Å². The van der Waals surface area contributed by atoms with Crippen molar-refractivity contribution in [1.29, 1.82) is 0 Å². The zero-order chi connectivity index (χ0) is 14.0. The van der Waals surface area contributed by atoms with Crippen LogP contribution in [0.25, 0.3) is 0 Å². The number of carboxylic acid groups (broad SMARTS) is 1. The van der Waals surface area contributed by atoms with Crippen molar-refractivity contribution < 1.29 is 9.90 Å². The topological polar surface area (TPSA) is 75.3 Å². The van der Waals surface area contributed by atoms with Crippen molar-refractivity contribution in [3.05, 3.63) is 22.7 Å². The Morgan fingerprint density at radius 3 is 2.68 bits per heavy atom. The van der Waals surface area contributed by atoms with Crippen molar-refractivity contribution in [2.24, 2.45) is 5.41 Å². The van der Waals surface area contributed by atoms with Gasteiger partial charge >= 0.3 is 5.97 Å². The Morgan fingerprint density at radius 2 is 2.11 bits per heavy atom. The first-order valence-corrected chi connectivity index (χ1v) is 6.85. The lowest BCUT2D eigenvalue weighted by atomic mass is 9.89. The van der Waals surface area contributed by atoms with Crippen LogP contribution in [0.5, 0.6) is 0 Å². The molecule has 1 aliphatic rings. The Labute approximate surface area is 117 Å². The van der Waals surface area contributed by atoms with Gasteiger partial charge in [-0.1, -0.05) is 31.4 Å². The smallest absolute Gasteiger partial charge is 0.337 e. The van der Waals surface area contributed by atoms with Crippen molar-refractivity contribution in [3.8, 4) is 0 Å². The summed E-state index contributed by atoms with van der Waals surface area (Å²) in [6, 6.07) is 3.01. The van der Waals surface area contributed by atoms with E-state index in [-0.39, 0.29) is 11.0 Å². The SMILES string of the molecule is CC1(CNc2c(Cl)cc(N)cc2C(=O)O)CCCC1. The number of nitrogen functional groups attached to an aromatic ring is 1. The first-order chi connectivity index (χ1) is 8.91. The van der Waals surface area contributed by atoms with Crippen LogP contribution in [-0.2, 0) is 0 Å². The quantitative estimate of drug-likeness (QED) is 0.738. The van der Waals surface area contributed by atoms with Gasteiger partial charge in [-0.05, 0) is 30.4 Å². The number of rotatable bonds is 4. The minimum atomic E-state index is -1.02. The summed E-state index contributed by atoms with van der Waals surface area (Å²) < 4.78 is 0. The summed E-state index contributed by atoms with van der Waals surface area (Å²) in [4.78, 5) is 11.2. The monoisotopic (exact) mass is 282 g/mol. The van der Waals surface area contributed by atoms with Gasteiger partial charge in [-0.25, -0.2) is 4.79 Å². The summed E-state index contributed by atoms with van der Waals surface area (Å²) in [5, 5.41) is 12.8. The van der Waals surface area contributed by atoms with Gasteiger partial charge in [0.1, 0.15) is 0 Å². The molecule has 4 N–H and O–H groups in total. The molecule has 2 rings (SSSR count). The molecule has 0 saturated heterocycles. The minimum absolute atomic E-state index is 0.131. The fourth-order valence-corrected chi connectivity index (χ4v) is 2.98. The summed E-state index contributed by atoms with van der Waals surface area (Å²) in [5.41, 5.74) is 6.82. The van der Waals surface area contributed by atoms with Crippen LogP contribution in [0.4, 0.5) is 11.4 Å². The van der Waals surface area contributed by atoms with E-state index < -0.39 is 5.97 Å². The van der Waals surface area contributed by atoms with Crippen LogP contribution in [0.15, 0.2) is 12.1 Å². The Hall–Kier alpha value is -1.42. The number of carboxylic acids is 1. The van der Waals surface area contributed by atoms with E-state index in [1.54, 1.807) is 6.07 Å². The van der Waals surface area contributed by atoms with E-state index in [0.717, 1.165) is 19.4 Å². The second kappa shape index (κ2) is 5.29. The van der Waals surface area contributed by atoms with Crippen LogP contribution in [0, 0.1) is 5.41 Å². The van der Waals surface area contributed by atoms with Crippen molar-refractivity contribution in [3.63, 3.8) is 0 Å². The molecule has 19 heavy (non-hydrogen) atoms. The molecule has 104 valence electrons. The number of aromatic carboxylic acids is 1. The molecule has 0 bridgehead atoms. The Morgan fingerprint density at radius 1 is 1.47 bits per heavy atom. The zero-order valence-corrected chi connectivity index (χ0v) is 11.8. The van der Waals surface area contributed by atoms with E-state index in [9.17, 15) is 9.90 Å². The van der Waals surface area contributed by atoms with Gasteiger partial charge in [0, 0.05) is 12.2 Å². The highest BCUT2D eigenvalue weighted by atomic mass is 35.5. The number of halogens is 1. The van der Waals surface area contributed by atoms with E-state index in [2.05, 4.69) is 12.2 Å². The van der Waals surface area contributed by atoms with Gasteiger partial charge in [0.15, 0.2) is 0 Å². The van der Waals surface area contributed by atoms with Crippen LogP contribution in [-0.4, -0.2) is 17.6 Å². The van der Waals surface area contributed by atoms with E-state index >= 15 is 0 Å². The van der Waals surface area contributed by atoms with Gasteiger partial charge in [-0.2, -0.15) is 0 Å². The number of hydrogen-bond acceptors (Lipinski definition) is 3. The molecule has 0 aliphatic heterocycles. The van der Waals surface area contributed by atoms with Crippen LogP contribution < -0.4 is 11.1 Å². The van der Waals surface area contributed by atoms with E-state index in [1.165, 1.54) is 18.9 Å². The van der Waals surface area contributed by atoms with Gasteiger partial charge in [-0.3, -0.25) is 0 Å². The Bertz CT molecular complexity index is 496. The molecule has 1 aromatic carbocycles. The third-order valence-corrected chi connectivity index (χ3v) is 4.14. The number of nitrogens with one attached hydrogen (secondary N) is 1. The molecule has 5 heteroatoms. The fourth-order valence-electron chi connectivity index (χ4n) is 2.68. The molecule has 0 aromatic heterocycles. The highest BCUT2D eigenvalue weighted by molar-refractivity contribution is 6.34. The fraction of sp³-hybridized carbons (Fsp3) is 0.500. The number of benzene rings is 1. The number of carbonyl (C=O) groups is 1. The van der Waals surface area contributed by atoms with Crippen molar-refractivity contribution in [2.75, 3.05) is 17.6 Å². The maximum absolute atomic E-state index is 11.2. The molecule has 1 aliphatic carbocycles. The maximum Gasteiger partial charge on any atom is 0.337 e. The molecule has 0 spiro atoms. The molecular weight excluding hydrogens is 264 g/mol. The largest absolute Gasteiger partial charge is 0.478 e. The summed E-state index contributed by atoms with van der Waals surface area (Å²) in [7, 11) is 0. The van der Waals surface area contributed by atoms with Crippen LogP contribution >= 0.6 is 11.6 Å². The normalized spacial score (nSPS) is 17.4. The molecule has 0 heterocycles. The number of hydrogen-bond donors (Lipinski definition) is 3. The van der Waals surface area contributed by atoms with Crippen LogP contribution in [0.1, 0.15) is 43.0 Å². The molecule has 1 aromatic rings. The lowest BCUT2D eigenvalue weighted by Gasteiger charge is -2.25. The predicted molar refractivity (Wildman–Crippen MR) is 77.9 cm³/mol. The standard InChI is InChI=1S/C14H19ClN2O2/c1-14(4-2-3-5-14)8-17-12-10(13(18)19)6-9(16)7-11(12)15/h6-7,17H,2-5,8,16H2,1H3,(H,18,19). The van der Waals surface area contributed by atoms with Crippen LogP contribution in [0.3, 0.4) is 0 Å². The summed E-state index contributed by atoms with van der Waals surface area (Å²) in [5.74, 6) is -1.02. The summed E-state index contributed by atoms with van der Waals surface area (Å²) in [6.45, 7) is 2.95. The molecule has 0 amide bonds. The van der Waals surface area contributed by atoms with Gasteiger partial charge in [0.2, 0.25) is 0 Å². The third-order valence-electron chi connectivity index (χ3n) is 3.85. The van der Waals surface area contributed by atoms with Crippen molar-refractivity contribution in [1.82, 2.24) is 0 Å². The zero-order valence-electron chi connectivity index (χ0n) is 11.0. The molecule has 1 fully saturated rings. The van der Waals surface area contributed by atoms with E-state index in [4.69, 9.17) is 17.3 Å². The molecule has 0 radical (unpaired) electrons. The highest BCUT2D eigenvalue weighted by Crippen LogP contribution is 2.38. The number of anilines is 2. The third kappa shape index (κ3) is 3.13. The van der Waals surface area contributed by atoms with E-state index in [0.29, 0.717) is 16.4 Å². The number of nitrogens with two attached hydrogens (primary N) is 1. The Kier molecular flexibility index (Phi) is 3.90. The summed E-state index contributed by atoms with van der Waals surface area (Å²) >= 11 is 6.10. The van der Waals surface area contributed by atoms with Crippen molar-refractivity contribution in [2.45, 2.75) is 32.6 Å². The van der Waals surface area contributed by atoms with Gasteiger partial charge < -0.3 is 16.2 Å². The molecule has 4 nitrogen and oxygen atoms in total. The first-order valence-electron chi connectivity index (χ1n) is 6.47. The lowest BCUT2D eigenvalue weighted by Crippen LogP contribution is -2.24. The van der Waals surface area contributed by atoms with Gasteiger partial charge in [0.25, 0.3) is 0 Å². The van der Waals surface area contributed by atoms with Gasteiger partial charge in [0.05, 0.1) is 16.3 Å². The average molecular weight is 283 g/mol. The van der Waals surface area contributed by atoms with Gasteiger partial charge in [-0.15, -0.1) is 0 Å². The summed E-state index contributed by atoms with van der Waals surface area (Å²) in [6.07, 6.45) is 4.79. The second-order valence-corrected chi connectivity index (χ2v) is 6.01. The first kappa shape index (κ1) is 14.0. The lowest BCUT2D eigenvalue weighted by molar-refractivity contribution is 0.0698. The minimum Gasteiger partial charge on any atom is -0.478 e. The Balaban J connectivity index is 2.21.